The molecule has 9 heteroatoms. The number of aromatic nitrogens is 3. The number of anilines is 1. The largest absolute Gasteiger partial charge is 0.461 e. The van der Waals surface area contributed by atoms with Gasteiger partial charge in [0.2, 0.25) is 11.8 Å². The van der Waals surface area contributed by atoms with E-state index in [2.05, 4.69) is 24.0 Å². The Morgan fingerprint density at radius 1 is 1.17 bits per heavy atom. The van der Waals surface area contributed by atoms with E-state index in [-0.39, 0.29) is 24.6 Å². The van der Waals surface area contributed by atoms with E-state index in [0.717, 1.165) is 5.69 Å². The second-order valence-corrected chi connectivity index (χ2v) is 8.12. The van der Waals surface area contributed by atoms with Crippen molar-refractivity contribution >= 4 is 29.3 Å². The van der Waals surface area contributed by atoms with Crippen molar-refractivity contribution in [1.29, 1.82) is 0 Å². The van der Waals surface area contributed by atoms with Crippen molar-refractivity contribution in [3.05, 3.63) is 48.7 Å². The molecule has 2 heterocycles. The monoisotopic (exact) mass is 427 g/mol. The van der Waals surface area contributed by atoms with Gasteiger partial charge in [-0.25, -0.2) is 0 Å². The first-order chi connectivity index (χ1) is 14.5. The van der Waals surface area contributed by atoms with E-state index in [0.29, 0.717) is 29.2 Å². The minimum Gasteiger partial charge on any atom is -0.461 e. The number of nitrogens with two attached hydrogens (primary N) is 1. The molecule has 0 fully saturated rings. The van der Waals surface area contributed by atoms with Crippen LogP contribution in [0.15, 0.2) is 58.3 Å². The highest BCUT2D eigenvalue weighted by Crippen LogP contribution is 2.26. The van der Waals surface area contributed by atoms with Crippen LogP contribution in [0.25, 0.3) is 11.6 Å². The van der Waals surface area contributed by atoms with E-state index in [1.807, 2.05) is 41.0 Å². The van der Waals surface area contributed by atoms with Crippen molar-refractivity contribution in [3.8, 4) is 11.6 Å². The van der Waals surface area contributed by atoms with Gasteiger partial charge < -0.3 is 15.1 Å². The molecule has 0 aliphatic carbocycles. The lowest BCUT2D eigenvalue weighted by Crippen LogP contribution is -2.35. The second-order valence-electron chi connectivity index (χ2n) is 7.17. The fraction of sp³-hybridized carbons (Fsp3) is 0.333. The van der Waals surface area contributed by atoms with Gasteiger partial charge in [0, 0.05) is 25.2 Å². The number of carbonyl (C=O) groups is 2. The number of thioether (sulfide) groups is 1. The summed E-state index contributed by atoms with van der Waals surface area (Å²) >= 11 is 1.31. The molecular formula is C21H25N5O3S. The van der Waals surface area contributed by atoms with E-state index in [1.54, 1.807) is 17.2 Å². The van der Waals surface area contributed by atoms with E-state index in [1.165, 1.54) is 11.8 Å². The summed E-state index contributed by atoms with van der Waals surface area (Å²) in [5.74, 6) is 1.21. The molecule has 3 aromatic rings. The van der Waals surface area contributed by atoms with Gasteiger partial charge >= 0.3 is 0 Å². The average molecular weight is 428 g/mol. The Labute approximate surface area is 179 Å². The number of carbonyl (C=O) groups excluding carboxylic acids is 2. The maximum absolute atomic E-state index is 13.0. The molecule has 1 aromatic carbocycles. The molecule has 8 nitrogen and oxygen atoms in total. The Bertz CT molecular complexity index is 970. The minimum absolute atomic E-state index is 0.0947. The molecule has 2 aromatic heterocycles. The van der Waals surface area contributed by atoms with Gasteiger partial charge in [-0.05, 0) is 30.2 Å². The Morgan fingerprint density at radius 3 is 2.57 bits per heavy atom. The summed E-state index contributed by atoms with van der Waals surface area (Å²) in [6.07, 6.45) is 1.69. The van der Waals surface area contributed by atoms with Crippen molar-refractivity contribution in [3.63, 3.8) is 0 Å². The lowest BCUT2D eigenvalue weighted by Gasteiger charge is -2.22. The zero-order valence-electron chi connectivity index (χ0n) is 17.0. The summed E-state index contributed by atoms with van der Waals surface area (Å²) in [7, 11) is 0. The molecule has 0 saturated carbocycles. The summed E-state index contributed by atoms with van der Waals surface area (Å²) in [6.45, 7) is 5.14. The summed E-state index contributed by atoms with van der Waals surface area (Å²) in [5, 5.41) is 9.18. The molecule has 0 unspecified atom stereocenters. The molecular weight excluding hydrogens is 402 g/mol. The van der Waals surface area contributed by atoms with Crippen LogP contribution in [0.2, 0.25) is 0 Å². The van der Waals surface area contributed by atoms with Crippen molar-refractivity contribution in [2.45, 2.75) is 32.0 Å². The van der Waals surface area contributed by atoms with Gasteiger partial charge in [0.25, 0.3) is 0 Å². The van der Waals surface area contributed by atoms with E-state index in [4.69, 9.17) is 10.2 Å². The van der Waals surface area contributed by atoms with Crippen LogP contribution in [0.4, 0.5) is 5.69 Å². The van der Waals surface area contributed by atoms with Crippen LogP contribution in [0.1, 0.15) is 20.3 Å². The van der Waals surface area contributed by atoms with Gasteiger partial charge in [-0.15, -0.1) is 10.2 Å². The fourth-order valence-electron chi connectivity index (χ4n) is 2.95. The van der Waals surface area contributed by atoms with Crippen LogP contribution in [0, 0.1) is 5.92 Å². The molecule has 0 aliphatic heterocycles. The van der Waals surface area contributed by atoms with E-state index in [9.17, 15) is 9.59 Å². The Hall–Kier alpha value is -3.07. The van der Waals surface area contributed by atoms with E-state index >= 15 is 0 Å². The first-order valence-electron chi connectivity index (χ1n) is 9.69. The lowest BCUT2D eigenvalue weighted by atomic mass is 10.2. The SMILES string of the molecule is CC(C)Cn1c(SCC(=O)N(CCC(N)=O)c2ccccc2)nnc1-c1ccco1. The van der Waals surface area contributed by atoms with Crippen molar-refractivity contribution in [1.82, 2.24) is 14.8 Å². The van der Waals surface area contributed by atoms with Gasteiger partial charge in [-0.1, -0.05) is 43.8 Å². The van der Waals surface area contributed by atoms with Crippen LogP contribution in [0.5, 0.6) is 0 Å². The van der Waals surface area contributed by atoms with Crippen LogP contribution < -0.4 is 10.6 Å². The number of hydrogen-bond donors (Lipinski definition) is 1. The molecule has 0 atom stereocenters. The van der Waals surface area contributed by atoms with Crippen LogP contribution in [0.3, 0.4) is 0 Å². The third-order valence-electron chi connectivity index (χ3n) is 4.28. The first-order valence-corrected chi connectivity index (χ1v) is 10.7. The summed E-state index contributed by atoms with van der Waals surface area (Å²) in [5.41, 5.74) is 6.01. The van der Waals surface area contributed by atoms with Crippen molar-refractivity contribution < 1.29 is 14.0 Å². The Kier molecular flexibility index (Phi) is 7.29. The molecule has 0 spiro atoms. The quantitative estimate of drug-likeness (QED) is 0.498. The number of benzene rings is 1. The predicted octanol–water partition coefficient (Wildman–Crippen LogP) is 3.19. The minimum atomic E-state index is -0.448. The Balaban J connectivity index is 1.77. The highest BCUT2D eigenvalue weighted by molar-refractivity contribution is 7.99. The molecule has 0 saturated heterocycles. The van der Waals surface area contributed by atoms with Crippen LogP contribution >= 0.6 is 11.8 Å². The number of rotatable bonds is 10. The third-order valence-corrected chi connectivity index (χ3v) is 5.23. The van der Waals surface area contributed by atoms with Crippen molar-refractivity contribution in [2.75, 3.05) is 17.2 Å². The Morgan fingerprint density at radius 2 is 1.93 bits per heavy atom. The second kappa shape index (κ2) is 10.1. The average Bonchev–Trinajstić information content (AvgIpc) is 3.36. The van der Waals surface area contributed by atoms with Gasteiger partial charge in [-0.2, -0.15) is 0 Å². The molecule has 30 heavy (non-hydrogen) atoms. The zero-order chi connectivity index (χ0) is 21.5. The maximum atomic E-state index is 13.0. The maximum Gasteiger partial charge on any atom is 0.237 e. The van der Waals surface area contributed by atoms with Gasteiger partial charge in [0.05, 0.1) is 12.0 Å². The molecule has 2 amide bonds. The molecule has 0 bridgehead atoms. The summed E-state index contributed by atoms with van der Waals surface area (Å²) < 4.78 is 7.45. The van der Waals surface area contributed by atoms with Crippen LogP contribution in [-0.2, 0) is 16.1 Å². The number of nitrogens with zero attached hydrogens (tertiary/aromatic N) is 4. The van der Waals surface area contributed by atoms with Crippen LogP contribution in [-0.4, -0.2) is 38.9 Å². The lowest BCUT2D eigenvalue weighted by molar-refractivity contribution is -0.118. The van der Waals surface area contributed by atoms with Crippen molar-refractivity contribution in [2.24, 2.45) is 11.7 Å². The smallest absolute Gasteiger partial charge is 0.237 e. The number of furan rings is 1. The number of para-hydroxylation sites is 1. The zero-order valence-corrected chi connectivity index (χ0v) is 17.8. The standard InChI is InChI=1S/C21H25N5O3S/c1-15(2)13-26-20(17-9-6-12-29-17)23-24-21(26)30-14-19(28)25(11-10-18(22)27)16-7-4-3-5-8-16/h3-9,12,15H,10-11,13-14H2,1-2H3,(H2,22,27). The topological polar surface area (TPSA) is 107 Å². The molecule has 2 N–H and O–H groups in total. The normalized spacial score (nSPS) is 11.0. The summed E-state index contributed by atoms with van der Waals surface area (Å²) in [4.78, 5) is 25.8. The fourth-order valence-corrected chi connectivity index (χ4v) is 3.77. The number of amides is 2. The molecule has 158 valence electrons. The molecule has 0 aliphatic rings. The molecule has 3 rings (SSSR count). The number of hydrogen-bond acceptors (Lipinski definition) is 6. The highest BCUT2D eigenvalue weighted by atomic mass is 32.2. The van der Waals surface area contributed by atoms with Gasteiger partial charge in [0.15, 0.2) is 16.7 Å². The first kappa shape index (κ1) is 21.6. The highest BCUT2D eigenvalue weighted by Gasteiger charge is 2.21. The molecule has 0 radical (unpaired) electrons. The van der Waals surface area contributed by atoms with Gasteiger partial charge in [-0.3, -0.25) is 14.2 Å². The third kappa shape index (κ3) is 5.50. The predicted molar refractivity (Wildman–Crippen MR) is 116 cm³/mol. The van der Waals surface area contributed by atoms with E-state index < -0.39 is 5.91 Å². The summed E-state index contributed by atoms with van der Waals surface area (Å²) in [6, 6.07) is 12.9. The van der Waals surface area contributed by atoms with Gasteiger partial charge in [0.1, 0.15) is 0 Å². The number of primary amides is 1.